The molecule has 1 N–H and O–H groups in total. The number of nitrogens with one attached hydrogen (secondary N) is 1. The third kappa shape index (κ3) is 6.58. The summed E-state index contributed by atoms with van der Waals surface area (Å²) in [6.45, 7) is 6.43. The molecule has 1 atom stereocenters. The van der Waals surface area contributed by atoms with Crippen molar-refractivity contribution in [2.45, 2.75) is 38.1 Å². The first kappa shape index (κ1) is 19.4. The zero-order valence-electron chi connectivity index (χ0n) is 14.0. The Balaban J connectivity index is 2.86. The maximum Gasteiger partial charge on any atom is 0.283 e. The molecular weight excluding hydrogens is 316 g/mol. The van der Waals surface area contributed by atoms with Crippen LogP contribution in [-0.4, -0.2) is 36.3 Å². The molecule has 1 aromatic carbocycles. The largest absolute Gasteiger partial charge is 0.383 e. The minimum Gasteiger partial charge on any atom is -0.383 e. The van der Waals surface area contributed by atoms with E-state index in [2.05, 4.69) is 19.2 Å². The third-order valence-corrected chi connectivity index (χ3v) is 4.26. The number of rotatable bonds is 9. The molecule has 0 saturated heterocycles. The zero-order valence-corrected chi connectivity index (χ0v) is 14.8. The molecule has 0 spiro atoms. The standard InChI is InChI=1S/C16H24N2O4S/c1-11(2)7-8-23-15-6-5-13(9-14(15)18(20)21)16(19)17-12(3)10-22-4/h5-6,9,11-12H,7-8,10H2,1-4H3,(H,17,19). The van der Waals surface area contributed by atoms with E-state index in [4.69, 9.17) is 4.74 Å². The number of carbonyl (C=O) groups excluding carboxylic acids is 1. The molecule has 23 heavy (non-hydrogen) atoms. The van der Waals surface area contributed by atoms with Crippen LogP contribution in [0.1, 0.15) is 37.6 Å². The molecule has 1 rings (SSSR count). The molecule has 1 aromatic rings. The summed E-state index contributed by atoms with van der Waals surface area (Å²) < 4.78 is 4.96. The number of amides is 1. The van der Waals surface area contributed by atoms with Gasteiger partial charge in [0.05, 0.1) is 16.4 Å². The number of nitro benzene ring substituents is 1. The molecule has 7 heteroatoms. The van der Waals surface area contributed by atoms with Crippen molar-refractivity contribution in [2.24, 2.45) is 5.92 Å². The highest BCUT2D eigenvalue weighted by Gasteiger charge is 2.18. The number of hydrogen-bond donors (Lipinski definition) is 1. The second-order valence-electron chi connectivity index (χ2n) is 5.80. The van der Waals surface area contributed by atoms with Gasteiger partial charge in [-0.15, -0.1) is 11.8 Å². The van der Waals surface area contributed by atoms with Crippen LogP contribution in [0.3, 0.4) is 0 Å². The Kier molecular flexibility index (Phi) is 8.05. The monoisotopic (exact) mass is 340 g/mol. The minimum absolute atomic E-state index is 0.0224. The van der Waals surface area contributed by atoms with Crippen molar-refractivity contribution in [1.29, 1.82) is 0 Å². The minimum atomic E-state index is -0.437. The SMILES string of the molecule is COCC(C)NC(=O)c1ccc(SCCC(C)C)c([N+](=O)[O-])c1. The number of thioether (sulfide) groups is 1. The van der Waals surface area contributed by atoms with Crippen molar-refractivity contribution in [3.8, 4) is 0 Å². The van der Waals surface area contributed by atoms with Gasteiger partial charge in [0, 0.05) is 24.8 Å². The average molecular weight is 340 g/mol. The Morgan fingerprint density at radius 2 is 2.09 bits per heavy atom. The van der Waals surface area contributed by atoms with E-state index < -0.39 is 4.92 Å². The highest BCUT2D eigenvalue weighted by Crippen LogP contribution is 2.31. The zero-order chi connectivity index (χ0) is 17.4. The van der Waals surface area contributed by atoms with Crippen LogP contribution < -0.4 is 5.32 Å². The van der Waals surface area contributed by atoms with Crippen molar-refractivity contribution >= 4 is 23.4 Å². The van der Waals surface area contributed by atoms with Gasteiger partial charge in [-0.3, -0.25) is 14.9 Å². The van der Waals surface area contributed by atoms with E-state index in [1.807, 2.05) is 6.92 Å². The second-order valence-corrected chi connectivity index (χ2v) is 6.94. The van der Waals surface area contributed by atoms with Crippen molar-refractivity contribution in [3.05, 3.63) is 33.9 Å². The van der Waals surface area contributed by atoms with Crippen molar-refractivity contribution in [2.75, 3.05) is 19.5 Å². The van der Waals surface area contributed by atoms with Gasteiger partial charge in [0.25, 0.3) is 11.6 Å². The van der Waals surface area contributed by atoms with Gasteiger partial charge in [0.15, 0.2) is 0 Å². The first-order valence-corrected chi connectivity index (χ1v) is 8.54. The van der Waals surface area contributed by atoms with Crippen molar-refractivity contribution < 1.29 is 14.5 Å². The fourth-order valence-electron chi connectivity index (χ4n) is 1.93. The maximum absolute atomic E-state index is 12.1. The Morgan fingerprint density at radius 1 is 1.39 bits per heavy atom. The van der Waals surface area contributed by atoms with E-state index in [0.29, 0.717) is 17.4 Å². The summed E-state index contributed by atoms with van der Waals surface area (Å²) in [6, 6.07) is 4.46. The van der Waals surface area contributed by atoms with Crippen LogP contribution in [0.25, 0.3) is 0 Å². The van der Waals surface area contributed by atoms with Crippen LogP contribution in [0, 0.1) is 16.0 Å². The number of carbonyl (C=O) groups is 1. The van der Waals surface area contributed by atoms with E-state index >= 15 is 0 Å². The molecule has 0 aliphatic heterocycles. The summed E-state index contributed by atoms with van der Waals surface area (Å²) >= 11 is 1.45. The summed E-state index contributed by atoms with van der Waals surface area (Å²) in [5, 5.41) is 14.0. The molecule has 1 amide bonds. The summed E-state index contributed by atoms with van der Waals surface area (Å²) in [4.78, 5) is 23.5. The van der Waals surface area contributed by atoms with Crippen LogP contribution in [0.15, 0.2) is 23.1 Å². The van der Waals surface area contributed by atoms with Crippen LogP contribution >= 0.6 is 11.8 Å². The molecule has 6 nitrogen and oxygen atoms in total. The first-order valence-electron chi connectivity index (χ1n) is 7.56. The molecule has 0 heterocycles. The number of methoxy groups -OCH3 is 1. The number of nitro groups is 1. The maximum atomic E-state index is 12.1. The average Bonchev–Trinajstić information content (AvgIpc) is 2.46. The lowest BCUT2D eigenvalue weighted by Crippen LogP contribution is -2.35. The predicted molar refractivity (Wildman–Crippen MR) is 92.1 cm³/mol. The van der Waals surface area contributed by atoms with Crippen LogP contribution in [-0.2, 0) is 4.74 Å². The third-order valence-electron chi connectivity index (χ3n) is 3.16. The lowest BCUT2D eigenvalue weighted by Gasteiger charge is -2.13. The van der Waals surface area contributed by atoms with Gasteiger partial charge in [0.1, 0.15) is 0 Å². The molecule has 0 aliphatic rings. The highest BCUT2D eigenvalue weighted by molar-refractivity contribution is 7.99. The fraction of sp³-hybridized carbons (Fsp3) is 0.562. The van der Waals surface area contributed by atoms with Gasteiger partial charge in [-0.25, -0.2) is 0 Å². The molecule has 0 aromatic heterocycles. The first-order chi connectivity index (χ1) is 10.8. The summed E-state index contributed by atoms with van der Waals surface area (Å²) in [6.07, 6.45) is 0.985. The topological polar surface area (TPSA) is 81.5 Å². The van der Waals surface area contributed by atoms with Gasteiger partial charge in [-0.05, 0) is 37.1 Å². The smallest absolute Gasteiger partial charge is 0.283 e. The molecule has 128 valence electrons. The predicted octanol–water partition coefficient (Wildman–Crippen LogP) is 3.50. The molecule has 0 aliphatic carbocycles. The summed E-state index contributed by atoms with van der Waals surface area (Å²) in [5.41, 5.74) is 0.263. The van der Waals surface area contributed by atoms with E-state index in [0.717, 1.165) is 12.2 Å². The van der Waals surface area contributed by atoms with Gasteiger partial charge in [0.2, 0.25) is 0 Å². The van der Waals surface area contributed by atoms with Gasteiger partial charge in [-0.1, -0.05) is 13.8 Å². The quantitative estimate of drug-likeness (QED) is 0.423. The van der Waals surface area contributed by atoms with Crippen LogP contribution in [0.5, 0.6) is 0 Å². The Morgan fingerprint density at radius 3 is 2.65 bits per heavy atom. The van der Waals surface area contributed by atoms with Crippen LogP contribution in [0.4, 0.5) is 5.69 Å². The van der Waals surface area contributed by atoms with E-state index in [1.54, 1.807) is 19.2 Å². The number of benzene rings is 1. The molecule has 0 radical (unpaired) electrons. The molecule has 1 unspecified atom stereocenters. The molecule has 0 fully saturated rings. The molecule has 0 saturated carbocycles. The number of nitrogens with zero attached hydrogens (tertiary/aromatic N) is 1. The normalized spacial score (nSPS) is 12.2. The number of hydrogen-bond acceptors (Lipinski definition) is 5. The summed E-state index contributed by atoms with van der Waals surface area (Å²) in [7, 11) is 1.55. The van der Waals surface area contributed by atoms with Gasteiger partial charge < -0.3 is 10.1 Å². The van der Waals surface area contributed by atoms with Gasteiger partial charge >= 0.3 is 0 Å². The second kappa shape index (κ2) is 9.52. The Bertz CT molecular complexity index is 549. The lowest BCUT2D eigenvalue weighted by molar-refractivity contribution is -0.387. The van der Waals surface area contributed by atoms with Crippen molar-refractivity contribution in [3.63, 3.8) is 0 Å². The fourth-order valence-corrected chi connectivity index (χ4v) is 3.18. The Labute approximate surface area is 141 Å². The van der Waals surface area contributed by atoms with Gasteiger partial charge in [-0.2, -0.15) is 0 Å². The van der Waals surface area contributed by atoms with E-state index in [-0.39, 0.29) is 23.2 Å². The summed E-state index contributed by atoms with van der Waals surface area (Å²) in [5.74, 6) is 1.03. The van der Waals surface area contributed by atoms with E-state index in [9.17, 15) is 14.9 Å². The lowest BCUT2D eigenvalue weighted by atomic mass is 10.1. The molecular formula is C16H24N2O4S. The molecule has 0 bridgehead atoms. The Hall–Kier alpha value is -1.60. The van der Waals surface area contributed by atoms with Crippen LogP contribution in [0.2, 0.25) is 0 Å². The number of ether oxygens (including phenoxy) is 1. The van der Waals surface area contributed by atoms with E-state index in [1.165, 1.54) is 17.8 Å². The highest BCUT2D eigenvalue weighted by atomic mass is 32.2. The van der Waals surface area contributed by atoms with Crippen molar-refractivity contribution in [1.82, 2.24) is 5.32 Å².